The van der Waals surface area contributed by atoms with Crippen molar-refractivity contribution >= 4 is 0 Å². The van der Waals surface area contributed by atoms with E-state index in [-0.39, 0.29) is 17.6 Å². The fraction of sp³-hybridized carbons (Fsp3) is 0.143. The van der Waals surface area contributed by atoms with Gasteiger partial charge in [-0.25, -0.2) is 9.82 Å². The molecule has 4 heteroatoms. The Balaban J connectivity index is 2.39. The lowest BCUT2D eigenvalue weighted by molar-refractivity contribution is 0.385. The third kappa shape index (κ3) is 2.50. The topological polar surface area (TPSA) is 47.3 Å². The van der Waals surface area contributed by atoms with E-state index < -0.39 is 0 Å². The third-order valence-corrected chi connectivity index (χ3v) is 2.81. The van der Waals surface area contributed by atoms with E-state index in [1.165, 1.54) is 13.2 Å². The van der Waals surface area contributed by atoms with E-state index in [0.717, 1.165) is 11.1 Å². The van der Waals surface area contributed by atoms with Gasteiger partial charge >= 0.3 is 0 Å². The Hall–Kier alpha value is -1.91. The van der Waals surface area contributed by atoms with Crippen molar-refractivity contribution in [2.75, 3.05) is 7.11 Å². The molecule has 0 amide bonds. The predicted octanol–water partition coefficient (Wildman–Crippen LogP) is 2.39. The van der Waals surface area contributed by atoms with Gasteiger partial charge in [0.15, 0.2) is 11.6 Å². The first-order valence-corrected chi connectivity index (χ1v) is 5.60. The molecule has 0 saturated carbocycles. The SMILES string of the molecule is COc1cc(C(NN)c2ccccc2)ccc1F. The minimum Gasteiger partial charge on any atom is -0.494 e. The highest BCUT2D eigenvalue weighted by molar-refractivity contribution is 5.37. The number of nitrogens with one attached hydrogen (secondary N) is 1. The van der Waals surface area contributed by atoms with Crippen LogP contribution in [0.3, 0.4) is 0 Å². The van der Waals surface area contributed by atoms with Crippen LogP contribution in [0.5, 0.6) is 5.75 Å². The highest BCUT2D eigenvalue weighted by Crippen LogP contribution is 2.26. The zero-order chi connectivity index (χ0) is 13.0. The van der Waals surface area contributed by atoms with E-state index in [1.54, 1.807) is 12.1 Å². The minimum atomic E-state index is -0.384. The van der Waals surface area contributed by atoms with Crippen molar-refractivity contribution in [1.29, 1.82) is 0 Å². The summed E-state index contributed by atoms with van der Waals surface area (Å²) in [4.78, 5) is 0. The van der Waals surface area contributed by atoms with Gasteiger partial charge in [-0.15, -0.1) is 0 Å². The molecular formula is C14H15FN2O. The van der Waals surface area contributed by atoms with Gasteiger partial charge in [-0.1, -0.05) is 36.4 Å². The maximum atomic E-state index is 13.4. The molecule has 0 aromatic heterocycles. The van der Waals surface area contributed by atoms with E-state index in [2.05, 4.69) is 5.43 Å². The molecule has 2 aromatic rings. The zero-order valence-electron chi connectivity index (χ0n) is 10.1. The van der Waals surface area contributed by atoms with Gasteiger partial charge in [-0.05, 0) is 23.3 Å². The second-order valence-electron chi connectivity index (χ2n) is 3.90. The van der Waals surface area contributed by atoms with Gasteiger partial charge in [0.1, 0.15) is 0 Å². The van der Waals surface area contributed by atoms with E-state index in [1.807, 2.05) is 30.3 Å². The smallest absolute Gasteiger partial charge is 0.165 e. The molecule has 2 aromatic carbocycles. The summed E-state index contributed by atoms with van der Waals surface area (Å²) in [5.74, 6) is 5.41. The van der Waals surface area contributed by atoms with Gasteiger partial charge in [0, 0.05) is 0 Å². The molecule has 0 fully saturated rings. The van der Waals surface area contributed by atoms with Crippen molar-refractivity contribution in [3.05, 3.63) is 65.5 Å². The molecule has 1 unspecified atom stereocenters. The van der Waals surface area contributed by atoms with Crippen LogP contribution >= 0.6 is 0 Å². The van der Waals surface area contributed by atoms with Gasteiger partial charge in [-0.3, -0.25) is 5.84 Å². The van der Waals surface area contributed by atoms with Gasteiger partial charge < -0.3 is 4.74 Å². The predicted molar refractivity (Wildman–Crippen MR) is 68.6 cm³/mol. The summed E-state index contributed by atoms with van der Waals surface area (Å²) in [6, 6.07) is 14.2. The maximum Gasteiger partial charge on any atom is 0.165 e. The Morgan fingerprint density at radius 2 is 1.83 bits per heavy atom. The molecule has 94 valence electrons. The van der Waals surface area contributed by atoms with Crippen molar-refractivity contribution in [3.8, 4) is 5.75 Å². The Kier molecular flexibility index (Phi) is 3.92. The van der Waals surface area contributed by atoms with E-state index >= 15 is 0 Å². The normalized spacial score (nSPS) is 12.2. The molecule has 18 heavy (non-hydrogen) atoms. The average Bonchev–Trinajstić information content (AvgIpc) is 2.42. The first-order chi connectivity index (χ1) is 8.76. The van der Waals surface area contributed by atoms with Crippen LogP contribution in [0.2, 0.25) is 0 Å². The molecule has 3 N–H and O–H groups in total. The van der Waals surface area contributed by atoms with Crippen molar-refractivity contribution in [1.82, 2.24) is 5.43 Å². The van der Waals surface area contributed by atoms with Crippen molar-refractivity contribution in [3.63, 3.8) is 0 Å². The van der Waals surface area contributed by atoms with Crippen molar-refractivity contribution in [2.24, 2.45) is 5.84 Å². The van der Waals surface area contributed by atoms with Crippen molar-refractivity contribution in [2.45, 2.75) is 6.04 Å². The van der Waals surface area contributed by atoms with E-state index in [9.17, 15) is 4.39 Å². The van der Waals surface area contributed by atoms with Gasteiger partial charge in [0.25, 0.3) is 0 Å². The van der Waals surface area contributed by atoms with Gasteiger partial charge in [0.2, 0.25) is 0 Å². The lowest BCUT2D eigenvalue weighted by Crippen LogP contribution is -2.28. The maximum absolute atomic E-state index is 13.4. The highest BCUT2D eigenvalue weighted by Gasteiger charge is 2.14. The summed E-state index contributed by atoms with van der Waals surface area (Å²) < 4.78 is 18.3. The number of hydrazine groups is 1. The number of ether oxygens (including phenoxy) is 1. The summed E-state index contributed by atoms with van der Waals surface area (Å²) >= 11 is 0. The molecule has 0 spiro atoms. The molecule has 0 bridgehead atoms. The van der Waals surface area contributed by atoms with Crippen LogP contribution in [0.15, 0.2) is 48.5 Å². The van der Waals surface area contributed by atoms with Crippen LogP contribution in [-0.2, 0) is 0 Å². The molecule has 0 radical (unpaired) electrons. The Morgan fingerprint density at radius 3 is 2.44 bits per heavy atom. The fourth-order valence-corrected chi connectivity index (χ4v) is 1.89. The van der Waals surface area contributed by atoms with Crippen LogP contribution in [-0.4, -0.2) is 7.11 Å². The fourth-order valence-electron chi connectivity index (χ4n) is 1.89. The first-order valence-electron chi connectivity index (χ1n) is 5.60. The van der Waals surface area contributed by atoms with Crippen LogP contribution in [0.4, 0.5) is 4.39 Å². The summed E-state index contributed by atoms with van der Waals surface area (Å²) in [6.07, 6.45) is 0. The Labute approximate surface area is 105 Å². The zero-order valence-corrected chi connectivity index (χ0v) is 10.1. The molecule has 3 nitrogen and oxygen atoms in total. The standard InChI is InChI=1S/C14H15FN2O/c1-18-13-9-11(7-8-12(13)15)14(17-16)10-5-3-2-4-6-10/h2-9,14,17H,16H2,1H3. The monoisotopic (exact) mass is 246 g/mol. The molecule has 0 aliphatic heterocycles. The molecule has 0 heterocycles. The minimum absolute atomic E-state index is 0.194. The summed E-state index contributed by atoms with van der Waals surface area (Å²) in [7, 11) is 1.44. The summed E-state index contributed by atoms with van der Waals surface area (Å²) in [5.41, 5.74) is 4.58. The lowest BCUT2D eigenvalue weighted by atomic mass is 9.99. The number of rotatable bonds is 4. The number of nitrogens with two attached hydrogens (primary N) is 1. The molecule has 0 aliphatic rings. The van der Waals surface area contributed by atoms with Crippen LogP contribution in [0, 0.1) is 5.82 Å². The number of hydrogen-bond acceptors (Lipinski definition) is 3. The van der Waals surface area contributed by atoms with Gasteiger partial charge in [-0.2, -0.15) is 0 Å². The molecule has 0 saturated heterocycles. The summed E-state index contributed by atoms with van der Waals surface area (Å²) in [6.45, 7) is 0. The Morgan fingerprint density at radius 1 is 1.11 bits per heavy atom. The molecule has 2 rings (SSSR count). The van der Waals surface area contributed by atoms with Crippen LogP contribution in [0.25, 0.3) is 0 Å². The van der Waals surface area contributed by atoms with Crippen LogP contribution in [0.1, 0.15) is 17.2 Å². The second kappa shape index (κ2) is 5.62. The quantitative estimate of drug-likeness (QED) is 0.643. The Bertz CT molecular complexity index is 516. The average molecular weight is 246 g/mol. The number of methoxy groups -OCH3 is 1. The van der Waals surface area contributed by atoms with E-state index in [4.69, 9.17) is 10.6 Å². The number of benzene rings is 2. The lowest BCUT2D eigenvalue weighted by Gasteiger charge is -2.17. The van der Waals surface area contributed by atoms with E-state index in [0.29, 0.717) is 0 Å². The summed E-state index contributed by atoms with van der Waals surface area (Å²) in [5, 5.41) is 0. The molecule has 1 atom stereocenters. The number of hydrogen-bond donors (Lipinski definition) is 2. The number of halogens is 1. The van der Waals surface area contributed by atoms with Crippen molar-refractivity contribution < 1.29 is 9.13 Å². The third-order valence-electron chi connectivity index (χ3n) is 2.81. The largest absolute Gasteiger partial charge is 0.494 e. The highest BCUT2D eigenvalue weighted by atomic mass is 19.1. The second-order valence-corrected chi connectivity index (χ2v) is 3.90. The first kappa shape index (κ1) is 12.5. The molecule has 0 aliphatic carbocycles. The van der Waals surface area contributed by atoms with Gasteiger partial charge in [0.05, 0.1) is 13.2 Å². The molecular weight excluding hydrogens is 231 g/mol. The van der Waals surface area contributed by atoms with Crippen LogP contribution < -0.4 is 16.0 Å².